The SMILES string of the molecule is CCOc1ccc(N=CC(C(=O)C(F)(F)F)=C(O)c2ccc(OC)cc2)cc1. The normalized spacial score (nSPS) is 12.6. The van der Waals surface area contributed by atoms with E-state index in [-0.39, 0.29) is 5.56 Å². The Bertz CT molecular complexity index is 870. The predicted molar refractivity (Wildman–Crippen MR) is 99.4 cm³/mol. The number of aliphatic hydroxyl groups excluding tert-OH is 1. The summed E-state index contributed by atoms with van der Waals surface area (Å²) in [5.74, 6) is -2.01. The van der Waals surface area contributed by atoms with Crippen LogP contribution in [0.2, 0.25) is 0 Å². The Morgan fingerprint density at radius 2 is 1.64 bits per heavy atom. The van der Waals surface area contributed by atoms with Crippen LogP contribution in [0.5, 0.6) is 11.5 Å². The van der Waals surface area contributed by atoms with Gasteiger partial charge in [-0.2, -0.15) is 13.2 Å². The Morgan fingerprint density at radius 1 is 1.07 bits per heavy atom. The topological polar surface area (TPSA) is 68.1 Å². The highest BCUT2D eigenvalue weighted by Crippen LogP contribution is 2.27. The molecule has 5 nitrogen and oxygen atoms in total. The standard InChI is InChI=1S/C20H18F3NO4/c1-3-28-16-10-6-14(7-11-16)24-12-17(19(26)20(21,22)23)18(25)13-4-8-15(27-2)9-5-13/h4-12,25H,3H2,1-2H3. The van der Waals surface area contributed by atoms with Gasteiger partial charge in [0.25, 0.3) is 5.78 Å². The minimum Gasteiger partial charge on any atom is -0.506 e. The van der Waals surface area contributed by atoms with E-state index >= 15 is 0 Å². The zero-order chi connectivity index (χ0) is 20.7. The Morgan fingerprint density at radius 3 is 2.14 bits per heavy atom. The lowest BCUT2D eigenvalue weighted by Gasteiger charge is -2.10. The van der Waals surface area contributed by atoms with E-state index in [0.717, 1.165) is 0 Å². The second-order valence-corrected chi connectivity index (χ2v) is 5.50. The minimum absolute atomic E-state index is 0.0199. The van der Waals surface area contributed by atoms with Gasteiger partial charge in [0.15, 0.2) is 0 Å². The molecule has 0 bridgehead atoms. The van der Waals surface area contributed by atoms with Crippen LogP contribution in [0.1, 0.15) is 12.5 Å². The van der Waals surface area contributed by atoms with E-state index in [1.54, 1.807) is 12.1 Å². The average molecular weight is 393 g/mol. The monoisotopic (exact) mass is 393 g/mol. The molecule has 0 fully saturated rings. The molecule has 0 amide bonds. The number of hydrogen-bond donors (Lipinski definition) is 1. The summed E-state index contributed by atoms with van der Waals surface area (Å²) in [5, 5.41) is 10.3. The summed E-state index contributed by atoms with van der Waals surface area (Å²) in [5.41, 5.74) is -0.656. The number of allylic oxidation sites excluding steroid dienone is 1. The summed E-state index contributed by atoms with van der Waals surface area (Å²) < 4.78 is 49.1. The maximum absolute atomic E-state index is 13.0. The van der Waals surface area contributed by atoms with Gasteiger partial charge < -0.3 is 14.6 Å². The summed E-state index contributed by atoms with van der Waals surface area (Å²) in [6.07, 6.45) is -4.47. The molecule has 0 aliphatic rings. The van der Waals surface area contributed by atoms with Crippen LogP contribution in [0.15, 0.2) is 59.1 Å². The first-order valence-corrected chi connectivity index (χ1v) is 8.22. The van der Waals surface area contributed by atoms with Crippen molar-refractivity contribution in [2.75, 3.05) is 13.7 Å². The molecular formula is C20H18F3NO4. The summed E-state index contributed by atoms with van der Waals surface area (Å²) in [6.45, 7) is 2.28. The minimum atomic E-state index is -5.17. The number of hydrogen-bond acceptors (Lipinski definition) is 5. The molecule has 0 saturated heterocycles. The zero-order valence-corrected chi connectivity index (χ0v) is 15.2. The number of halogens is 3. The highest BCUT2D eigenvalue weighted by molar-refractivity contribution is 6.20. The van der Waals surface area contributed by atoms with Crippen molar-refractivity contribution in [2.45, 2.75) is 13.1 Å². The Labute approximate surface area is 159 Å². The summed E-state index contributed by atoms with van der Waals surface area (Å²) in [4.78, 5) is 15.7. The van der Waals surface area contributed by atoms with Crippen molar-refractivity contribution in [1.82, 2.24) is 0 Å². The molecule has 0 saturated carbocycles. The van der Waals surface area contributed by atoms with Crippen molar-refractivity contribution >= 4 is 23.4 Å². The van der Waals surface area contributed by atoms with Crippen LogP contribution in [0, 0.1) is 0 Å². The fourth-order valence-corrected chi connectivity index (χ4v) is 2.22. The van der Waals surface area contributed by atoms with Crippen LogP contribution < -0.4 is 9.47 Å². The number of Topliss-reactive ketones (excluding diaryl/α,β-unsaturated/α-hetero) is 1. The number of ketones is 1. The van der Waals surface area contributed by atoms with Gasteiger partial charge in [-0.25, -0.2) is 0 Å². The largest absolute Gasteiger partial charge is 0.506 e. The van der Waals surface area contributed by atoms with E-state index in [1.165, 1.54) is 43.5 Å². The molecule has 0 atom stereocenters. The van der Waals surface area contributed by atoms with Gasteiger partial charge in [0.2, 0.25) is 0 Å². The predicted octanol–water partition coefficient (Wildman–Crippen LogP) is 4.90. The number of benzene rings is 2. The average Bonchev–Trinajstić information content (AvgIpc) is 2.68. The van der Waals surface area contributed by atoms with Gasteiger partial charge in [-0.05, 0) is 55.5 Å². The lowest BCUT2D eigenvalue weighted by Crippen LogP contribution is -2.26. The van der Waals surface area contributed by atoms with Crippen LogP contribution in [0.4, 0.5) is 18.9 Å². The van der Waals surface area contributed by atoms with Crippen molar-refractivity contribution in [1.29, 1.82) is 0 Å². The molecule has 0 aromatic heterocycles. The maximum Gasteiger partial charge on any atom is 0.455 e. The first-order chi connectivity index (χ1) is 13.3. The molecule has 148 valence electrons. The molecule has 1 N–H and O–H groups in total. The molecular weight excluding hydrogens is 375 g/mol. The van der Waals surface area contributed by atoms with Gasteiger partial charge in [0.05, 0.1) is 25.0 Å². The van der Waals surface area contributed by atoms with Gasteiger partial charge in [-0.3, -0.25) is 9.79 Å². The number of carbonyl (C=O) groups excluding carboxylic acids is 1. The lowest BCUT2D eigenvalue weighted by atomic mass is 10.0. The number of carbonyl (C=O) groups is 1. The van der Waals surface area contributed by atoms with Gasteiger partial charge in [-0.1, -0.05) is 0 Å². The van der Waals surface area contributed by atoms with Crippen LogP contribution in [-0.4, -0.2) is 37.0 Å². The van der Waals surface area contributed by atoms with E-state index in [4.69, 9.17) is 9.47 Å². The Balaban J connectivity index is 2.42. The molecule has 28 heavy (non-hydrogen) atoms. The molecule has 8 heteroatoms. The summed E-state index contributed by atoms with van der Waals surface area (Å²) in [6, 6.07) is 11.8. The maximum atomic E-state index is 13.0. The summed E-state index contributed by atoms with van der Waals surface area (Å²) in [7, 11) is 1.42. The molecule has 0 heterocycles. The second kappa shape index (κ2) is 9.07. The number of rotatable bonds is 7. The van der Waals surface area contributed by atoms with Gasteiger partial charge in [0, 0.05) is 11.8 Å². The van der Waals surface area contributed by atoms with Crippen molar-refractivity contribution in [3.63, 3.8) is 0 Å². The molecule has 2 aromatic rings. The van der Waals surface area contributed by atoms with Gasteiger partial charge in [0.1, 0.15) is 17.3 Å². The number of aliphatic hydroxyl groups is 1. The molecule has 0 unspecified atom stereocenters. The van der Waals surface area contributed by atoms with E-state index in [9.17, 15) is 23.1 Å². The van der Waals surface area contributed by atoms with Crippen LogP contribution in [-0.2, 0) is 4.79 Å². The van der Waals surface area contributed by atoms with Crippen LogP contribution in [0.25, 0.3) is 5.76 Å². The van der Waals surface area contributed by atoms with E-state index in [0.29, 0.717) is 30.0 Å². The van der Waals surface area contributed by atoms with Crippen molar-refractivity contribution in [2.24, 2.45) is 4.99 Å². The smallest absolute Gasteiger partial charge is 0.455 e. The number of nitrogens with zero attached hydrogens (tertiary/aromatic N) is 1. The molecule has 2 rings (SSSR count). The summed E-state index contributed by atoms with van der Waals surface area (Å²) >= 11 is 0. The highest BCUT2D eigenvalue weighted by Gasteiger charge is 2.41. The molecule has 0 spiro atoms. The number of alkyl halides is 3. The third-order valence-corrected chi connectivity index (χ3v) is 3.61. The third-order valence-electron chi connectivity index (χ3n) is 3.61. The fourth-order valence-electron chi connectivity index (χ4n) is 2.22. The van der Waals surface area contributed by atoms with Crippen molar-refractivity contribution in [3.05, 3.63) is 59.7 Å². The third kappa shape index (κ3) is 5.35. The molecule has 0 aliphatic heterocycles. The van der Waals surface area contributed by atoms with Crippen LogP contribution >= 0.6 is 0 Å². The molecule has 0 radical (unpaired) electrons. The van der Waals surface area contributed by atoms with Crippen molar-refractivity contribution < 1.29 is 32.5 Å². The highest BCUT2D eigenvalue weighted by atomic mass is 19.4. The number of aliphatic imine (C=N–C) groups is 1. The van der Waals surface area contributed by atoms with E-state index in [2.05, 4.69) is 4.99 Å². The lowest BCUT2D eigenvalue weighted by molar-refractivity contribution is -0.165. The van der Waals surface area contributed by atoms with Crippen LogP contribution in [0.3, 0.4) is 0 Å². The molecule has 0 aliphatic carbocycles. The first kappa shape index (κ1) is 21.0. The Kier molecular flexibility index (Phi) is 6.81. The van der Waals surface area contributed by atoms with Gasteiger partial charge in [-0.15, -0.1) is 0 Å². The zero-order valence-electron chi connectivity index (χ0n) is 15.2. The van der Waals surface area contributed by atoms with Crippen molar-refractivity contribution in [3.8, 4) is 11.5 Å². The first-order valence-electron chi connectivity index (χ1n) is 8.22. The Hall–Kier alpha value is -3.29. The number of methoxy groups -OCH3 is 1. The number of ether oxygens (including phenoxy) is 2. The fraction of sp³-hybridized carbons (Fsp3) is 0.200. The molecule has 2 aromatic carbocycles. The second-order valence-electron chi connectivity index (χ2n) is 5.50. The quantitative estimate of drug-likeness (QED) is 0.413. The van der Waals surface area contributed by atoms with E-state index < -0.39 is 23.3 Å². The van der Waals surface area contributed by atoms with Gasteiger partial charge >= 0.3 is 6.18 Å². The van der Waals surface area contributed by atoms with E-state index in [1.807, 2.05) is 6.92 Å².